The van der Waals surface area contributed by atoms with Gasteiger partial charge in [-0.15, -0.1) is 0 Å². The van der Waals surface area contributed by atoms with Crippen LogP contribution >= 0.6 is 0 Å². The lowest BCUT2D eigenvalue weighted by Crippen LogP contribution is -2.32. The lowest BCUT2D eigenvalue weighted by Gasteiger charge is -2.27. The van der Waals surface area contributed by atoms with Crippen LogP contribution in [0.2, 0.25) is 0 Å². The second kappa shape index (κ2) is 9.54. The van der Waals surface area contributed by atoms with Gasteiger partial charge in [-0.2, -0.15) is 0 Å². The normalized spacial score (nSPS) is 18.9. The number of hydrogen-bond acceptors (Lipinski definition) is 3. The minimum Gasteiger partial charge on any atom is -0.489 e. The minimum absolute atomic E-state index is 0.0168. The van der Waals surface area contributed by atoms with Gasteiger partial charge in [-0.3, -0.25) is 9.59 Å². The van der Waals surface area contributed by atoms with Crippen LogP contribution in [-0.4, -0.2) is 17.9 Å². The SMILES string of the molecule is CC(C)Oc1ccccc1NC(=O)C1CCC(C(=O)Nc2ccc(F)cc2)CC1. The Morgan fingerprint density at radius 2 is 1.45 bits per heavy atom. The number of carbonyl (C=O) groups is 2. The van der Waals surface area contributed by atoms with Crippen LogP contribution in [0.5, 0.6) is 5.75 Å². The molecule has 6 heteroatoms. The zero-order valence-corrected chi connectivity index (χ0v) is 16.8. The van der Waals surface area contributed by atoms with E-state index in [0.717, 1.165) is 0 Å². The summed E-state index contributed by atoms with van der Waals surface area (Å²) in [5, 5.41) is 5.80. The van der Waals surface area contributed by atoms with Crippen molar-refractivity contribution in [2.24, 2.45) is 11.8 Å². The average molecular weight is 398 g/mol. The van der Waals surface area contributed by atoms with E-state index in [2.05, 4.69) is 10.6 Å². The molecule has 0 bridgehead atoms. The quantitative estimate of drug-likeness (QED) is 0.720. The van der Waals surface area contributed by atoms with Crippen molar-refractivity contribution in [1.29, 1.82) is 0 Å². The van der Waals surface area contributed by atoms with Crippen molar-refractivity contribution in [3.05, 3.63) is 54.3 Å². The Morgan fingerprint density at radius 3 is 2.03 bits per heavy atom. The lowest BCUT2D eigenvalue weighted by atomic mass is 9.81. The Labute approximate surface area is 170 Å². The van der Waals surface area contributed by atoms with Crippen molar-refractivity contribution < 1.29 is 18.7 Å². The van der Waals surface area contributed by atoms with E-state index >= 15 is 0 Å². The number of hydrogen-bond donors (Lipinski definition) is 2. The summed E-state index contributed by atoms with van der Waals surface area (Å²) in [7, 11) is 0. The summed E-state index contributed by atoms with van der Waals surface area (Å²) >= 11 is 0. The largest absolute Gasteiger partial charge is 0.489 e. The fraction of sp³-hybridized carbons (Fsp3) is 0.391. The summed E-state index contributed by atoms with van der Waals surface area (Å²) in [6, 6.07) is 13.1. The Morgan fingerprint density at radius 1 is 0.897 bits per heavy atom. The molecule has 0 heterocycles. The second-order valence-corrected chi connectivity index (χ2v) is 7.70. The van der Waals surface area contributed by atoms with Gasteiger partial charge < -0.3 is 15.4 Å². The van der Waals surface area contributed by atoms with E-state index in [4.69, 9.17) is 4.74 Å². The molecular weight excluding hydrogens is 371 g/mol. The van der Waals surface area contributed by atoms with Crippen LogP contribution in [0.15, 0.2) is 48.5 Å². The molecule has 1 saturated carbocycles. The van der Waals surface area contributed by atoms with Crippen LogP contribution in [-0.2, 0) is 9.59 Å². The maximum atomic E-state index is 13.0. The van der Waals surface area contributed by atoms with Crippen molar-refractivity contribution in [2.45, 2.75) is 45.6 Å². The number of amides is 2. The molecule has 1 fully saturated rings. The van der Waals surface area contributed by atoms with Gasteiger partial charge in [-0.1, -0.05) is 12.1 Å². The van der Waals surface area contributed by atoms with E-state index in [-0.39, 0.29) is 35.6 Å². The predicted molar refractivity (Wildman–Crippen MR) is 111 cm³/mol. The molecule has 1 aliphatic rings. The van der Waals surface area contributed by atoms with Crippen molar-refractivity contribution >= 4 is 23.2 Å². The maximum Gasteiger partial charge on any atom is 0.227 e. The highest BCUT2D eigenvalue weighted by atomic mass is 19.1. The highest BCUT2D eigenvalue weighted by molar-refractivity contribution is 5.95. The molecule has 2 aromatic rings. The van der Waals surface area contributed by atoms with E-state index in [0.29, 0.717) is 42.8 Å². The molecule has 2 amide bonds. The Kier molecular flexibility index (Phi) is 6.86. The first-order valence-corrected chi connectivity index (χ1v) is 10.1. The van der Waals surface area contributed by atoms with Gasteiger partial charge in [0.25, 0.3) is 0 Å². The van der Waals surface area contributed by atoms with E-state index in [9.17, 15) is 14.0 Å². The summed E-state index contributed by atoms with van der Waals surface area (Å²) in [5.41, 5.74) is 1.25. The fourth-order valence-corrected chi connectivity index (χ4v) is 3.56. The molecule has 0 atom stereocenters. The highest BCUT2D eigenvalue weighted by Crippen LogP contribution is 2.32. The van der Waals surface area contributed by atoms with E-state index < -0.39 is 0 Å². The number of anilines is 2. The first kappa shape index (κ1) is 20.8. The molecule has 0 saturated heterocycles. The Bertz CT molecular complexity index is 843. The number of ether oxygens (including phenoxy) is 1. The van der Waals surface area contributed by atoms with Crippen molar-refractivity contribution in [2.75, 3.05) is 10.6 Å². The lowest BCUT2D eigenvalue weighted by molar-refractivity contribution is -0.125. The van der Waals surface area contributed by atoms with Gasteiger partial charge >= 0.3 is 0 Å². The van der Waals surface area contributed by atoms with Crippen LogP contribution in [0, 0.1) is 17.7 Å². The Balaban J connectivity index is 1.52. The molecule has 0 aromatic heterocycles. The molecule has 0 spiro atoms. The monoisotopic (exact) mass is 398 g/mol. The van der Waals surface area contributed by atoms with E-state index in [1.54, 1.807) is 12.1 Å². The number of halogens is 1. The molecule has 0 aliphatic heterocycles. The third-order valence-electron chi connectivity index (χ3n) is 5.09. The number of nitrogens with one attached hydrogen (secondary N) is 2. The standard InChI is InChI=1S/C23H27FN2O3/c1-15(2)29-21-6-4-3-5-20(21)26-23(28)17-9-7-16(8-10-17)22(27)25-19-13-11-18(24)12-14-19/h3-6,11-17H,7-10H2,1-2H3,(H,25,27)(H,26,28). The molecule has 0 unspecified atom stereocenters. The number of para-hydroxylation sites is 2. The predicted octanol–water partition coefficient (Wildman–Crippen LogP) is 5.00. The topological polar surface area (TPSA) is 67.4 Å². The van der Waals surface area contributed by atoms with Gasteiger partial charge in [0.2, 0.25) is 11.8 Å². The van der Waals surface area contributed by atoms with Crippen LogP contribution in [0.4, 0.5) is 15.8 Å². The highest BCUT2D eigenvalue weighted by Gasteiger charge is 2.30. The molecular formula is C23H27FN2O3. The molecule has 1 aliphatic carbocycles. The van der Waals surface area contributed by atoms with Crippen LogP contribution < -0.4 is 15.4 Å². The third kappa shape index (κ3) is 5.79. The van der Waals surface area contributed by atoms with Crippen molar-refractivity contribution in [3.63, 3.8) is 0 Å². The number of rotatable bonds is 6. The maximum absolute atomic E-state index is 13.0. The average Bonchev–Trinajstić information content (AvgIpc) is 2.71. The number of benzene rings is 2. The van der Waals surface area contributed by atoms with E-state index in [1.165, 1.54) is 12.1 Å². The van der Waals surface area contributed by atoms with Crippen molar-refractivity contribution in [3.8, 4) is 5.75 Å². The van der Waals surface area contributed by atoms with Gasteiger partial charge in [0.05, 0.1) is 11.8 Å². The summed E-state index contributed by atoms with van der Waals surface area (Å²) < 4.78 is 18.7. The van der Waals surface area contributed by atoms with Gasteiger partial charge in [-0.25, -0.2) is 4.39 Å². The number of carbonyl (C=O) groups excluding carboxylic acids is 2. The second-order valence-electron chi connectivity index (χ2n) is 7.70. The molecule has 0 radical (unpaired) electrons. The van der Waals surface area contributed by atoms with Crippen LogP contribution in [0.25, 0.3) is 0 Å². The van der Waals surface area contributed by atoms with E-state index in [1.807, 2.05) is 38.1 Å². The third-order valence-corrected chi connectivity index (χ3v) is 5.09. The fourth-order valence-electron chi connectivity index (χ4n) is 3.56. The van der Waals surface area contributed by atoms with Gasteiger partial charge in [0, 0.05) is 17.5 Å². The zero-order chi connectivity index (χ0) is 20.8. The molecule has 29 heavy (non-hydrogen) atoms. The Hall–Kier alpha value is -2.89. The molecule has 2 N–H and O–H groups in total. The van der Waals surface area contributed by atoms with Gasteiger partial charge in [0.1, 0.15) is 11.6 Å². The van der Waals surface area contributed by atoms with Crippen molar-refractivity contribution in [1.82, 2.24) is 0 Å². The summed E-state index contributed by atoms with van der Waals surface area (Å²) in [6.07, 6.45) is 2.62. The summed E-state index contributed by atoms with van der Waals surface area (Å²) in [6.45, 7) is 3.88. The van der Waals surface area contributed by atoms with Crippen LogP contribution in [0.1, 0.15) is 39.5 Å². The first-order valence-electron chi connectivity index (χ1n) is 10.1. The minimum atomic E-state index is -0.338. The zero-order valence-electron chi connectivity index (χ0n) is 16.8. The first-order chi connectivity index (χ1) is 13.9. The molecule has 154 valence electrons. The summed E-state index contributed by atoms with van der Waals surface area (Å²) in [4.78, 5) is 25.1. The van der Waals surface area contributed by atoms with Gasteiger partial charge in [-0.05, 0) is 75.9 Å². The summed E-state index contributed by atoms with van der Waals surface area (Å²) in [5.74, 6) is -0.0657. The molecule has 3 rings (SSSR count). The van der Waals surface area contributed by atoms with Crippen LogP contribution in [0.3, 0.4) is 0 Å². The smallest absolute Gasteiger partial charge is 0.227 e. The van der Waals surface area contributed by atoms with Gasteiger partial charge in [0.15, 0.2) is 0 Å². The molecule has 5 nitrogen and oxygen atoms in total. The molecule has 2 aromatic carbocycles.